The van der Waals surface area contributed by atoms with E-state index in [2.05, 4.69) is 20.9 Å². The molecule has 2 aliphatic rings. The average Bonchev–Trinajstić information content (AvgIpc) is 3.10. The number of nitrogens with zero attached hydrogens (tertiary/aromatic N) is 1. The van der Waals surface area contributed by atoms with Crippen LogP contribution in [0.1, 0.15) is 25.3 Å². The van der Waals surface area contributed by atoms with E-state index in [1.807, 2.05) is 0 Å². The lowest BCUT2D eigenvalue weighted by Gasteiger charge is -2.31. The molecule has 0 saturated carbocycles. The molecule has 26 heavy (non-hydrogen) atoms. The molecule has 2 heterocycles. The number of fused-ring (bicyclic) bond motifs is 1. The number of ether oxygens (including phenoxy) is 4. The number of benzene rings is 1. The molecule has 7 nitrogen and oxygen atoms in total. The summed E-state index contributed by atoms with van der Waals surface area (Å²) in [4.78, 5) is 29.4. The second-order valence-electron chi connectivity index (χ2n) is 5.92. The van der Waals surface area contributed by atoms with Crippen molar-refractivity contribution in [3.05, 3.63) is 33.4 Å². The SMILES string of the molecule is COC(=O)C1=C(C)N=C(C)C(C(=O)OC)C1c1ccc2c(c1Br)OCO2. The second kappa shape index (κ2) is 7.11. The summed E-state index contributed by atoms with van der Waals surface area (Å²) >= 11 is 3.53. The summed E-state index contributed by atoms with van der Waals surface area (Å²) in [6.45, 7) is 3.58. The molecule has 1 aromatic rings. The number of methoxy groups -OCH3 is 2. The zero-order chi connectivity index (χ0) is 19.0. The van der Waals surface area contributed by atoms with Crippen LogP contribution in [0.15, 0.2) is 32.9 Å². The fraction of sp³-hybridized carbons (Fsp3) is 0.389. The number of carbonyl (C=O) groups excluding carboxylic acids is 2. The fourth-order valence-corrected chi connectivity index (χ4v) is 4.06. The van der Waals surface area contributed by atoms with Crippen molar-refractivity contribution in [3.8, 4) is 11.5 Å². The minimum absolute atomic E-state index is 0.113. The van der Waals surface area contributed by atoms with Crippen LogP contribution >= 0.6 is 15.9 Å². The molecule has 0 radical (unpaired) electrons. The van der Waals surface area contributed by atoms with Gasteiger partial charge in [0.15, 0.2) is 11.5 Å². The van der Waals surface area contributed by atoms with E-state index < -0.39 is 23.8 Å². The Bertz CT molecular complexity index is 844. The van der Waals surface area contributed by atoms with Gasteiger partial charge in [0.2, 0.25) is 6.79 Å². The van der Waals surface area contributed by atoms with E-state index in [9.17, 15) is 9.59 Å². The number of rotatable bonds is 3. The summed E-state index contributed by atoms with van der Waals surface area (Å²) in [7, 11) is 2.61. The predicted molar refractivity (Wildman–Crippen MR) is 96.3 cm³/mol. The van der Waals surface area contributed by atoms with E-state index in [1.165, 1.54) is 14.2 Å². The number of aliphatic imine (C=N–C) groups is 1. The molecule has 2 unspecified atom stereocenters. The molecule has 0 fully saturated rings. The first-order valence-electron chi connectivity index (χ1n) is 7.90. The monoisotopic (exact) mass is 423 g/mol. The lowest BCUT2D eigenvalue weighted by Crippen LogP contribution is -2.36. The van der Waals surface area contributed by atoms with Gasteiger partial charge in [-0.1, -0.05) is 6.07 Å². The molecule has 2 atom stereocenters. The number of hydrogen-bond acceptors (Lipinski definition) is 7. The minimum Gasteiger partial charge on any atom is -0.468 e. The zero-order valence-corrected chi connectivity index (χ0v) is 16.4. The highest BCUT2D eigenvalue weighted by Crippen LogP contribution is 2.48. The molecule has 1 aromatic carbocycles. The van der Waals surface area contributed by atoms with Crippen molar-refractivity contribution in [2.24, 2.45) is 10.9 Å². The number of halogens is 1. The van der Waals surface area contributed by atoms with Gasteiger partial charge in [0.05, 0.1) is 24.3 Å². The van der Waals surface area contributed by atoms with E-state index >= 15 is 0 Å². The van der Waals surface area contributed by atoms with Gasteiger partial charge in [0, 0.05) is 17.3 Å². The van der Waals surface area contributed by atoms with Crippen molar-refractivity contribution in [2.75, 3.05) is 21.0 Å². The molecule has 8 heteroatoms. The third-order valence-corrected chi connectivity index (χ3v) is 5.35. The highest BCUT2D eigenvalue weighted by Gasteiger charge is 2.43. The lowest BCUT2D eigenvalue weighted by molar-refractivity contribution is -0.143. The molecule has 0 aromatic heterocycles. The maximum Gasteiger partial charge on any atom is 0.336 e. The summed E-state index contributed by atoms with van der Waals surface area (Å²) in [5.74, 6) is -1.27. The van der Waals surface area contributed by atoms with Gasteiger partial charge in [0.25, 0.3) is 0 Å². The minimum atomic E-state index is -0.755. The van der Waals surface area contributed by atoms with Crippen LogP contribution in [0.5, 0.6) is 11.5 Å². The maximum absolute atomic E-state index is 12.5. The van der Waals surface area contributed by atoms with Crippen LogP contribution < -0.4 is 9.47 Å². The van der Waals surface area contributed by atoms with Gasteiger partial charge in [-0.05, 0) is 41.4 Å². The second-order valence-corrected chi connectivity index (χ2v) is 6.72. The van der Waals surface area contributed by atoms with Gasteiger partial charge in [-0.2, -0.15) is 0 Å². The number of allylic oxidation sites excluding steroid dienone is 1. The number of esters is 2. The summed E-state index contributed by atoms with van der Waals surface area (Å²) in [6.07, 6.45) is 0. The van der Waals surface area contributed by atoms with E-state index in [1.54, 1.807) is 26.0 Å². The molecule has 0 amide bonds. The molecule has 3 rings (SSSR count). The fourth-order valence-electron chi connectivity index (χ4n) is 3.37. The Morgan fingerprint density at radius 2 is 1.92 bits per heavy atom. The van der Waals surface area contributed by atoms with Crippen LogP contribution in [0.3, 0.4) is 0 Å². The Kier molecular flexibility index (Phi) is 5.04. The first kappa shape index (κ1) is 18.4. The summed E-state index contributed by atoms with van der Waals surface area (Å²) in [6, 6.07) is 3.55. The van der Waals surface area contributed by atoms with Gasteiger partial charge in [0.1, 0.15) is 5.92 Å². The van der Waals surface area contributed by atoms with Crippen molar-refractivity contribution in [2.45, 2.75) is 19.8 Å². The van der Waals surface area contributed by atoms with Crippen LogP contribution in [0, 0.1) is 5.92 Å². The summed E-state index contributed by atoms with van der Waals surface area (Å²) in [5, 5.41) is 0. The molecule has 0 aliphatic carbocycles. The number of hydrogen-bond donors (Lipinski definition) is 0. The maximum atomic E-state index is 12.5. The Balaban J connectivity index is 2.23. The quantitative estimate of drug-likeness (QED) is 0.694. The van der Waals surface area contributed by atoms with Crippen LogP contribution in [0.4, 0.5) is 0 Å². The largest absolute Gasteiger partial charge is 0.468 e. The standard InChI is InChI=1S/C18H18BrNO6/c1-8-12(17(21)23-3)14(13(9(2)20-8)18(22)24-4)10-5-6-11-16(15(10)19)26-7-25-11/h5-6,12,14H,7H2,1-4H3. The molecule has 0 saturated heterocycles. The zero-order valence-electron chi connectivity index (χ0n) is 14.8. The third kappa shape index (κ3) is 2.88. The first-order valence-corrected chi connectivity index (χ1v) is 8.70. The lowest BCUT2D eigenvalue weighted by atomic mass is 9.75. The summed E-state index contributed by atoms with van der Waals surface area (Å²) in [5.41, 5.74) is 2.08. The van der Waals surface area contributed by atoms with Gasteiger partial charge in [-0.15, -0.1) is 0 Å². The Morgan fingerprint density at radius 3 is 2.58 bits per heavy atom. The molecule has 0 spiro atoms. The molecule has 138 valence electrons. The third-order valence-electron chi connectivity index (χ3n) is 4.53. The van der Waals surface area contributed by atoms with Crippen LogP contribution in [0.25, 0.3) is 0 Å². The normalized spacial score (nSPS) is 21.3. The van der Waals surface area contributed by atoms with E-state index in [0.717, 1.165) is 0 Å². The Morgan fingerprint density at radius 1 is 1.19 bits per heavy atom. The highest BCUT2D eigenvalue weighted by atomic mass is 79.9. The van der Waals surface area contributed by atoms with Crippen LogP contribution in [-0.2, 0) is 19.1 Å². The van der Waals surface area contributed by atoms with Crippen molar-refractivity contribution >= 4 is 33.6 Å². The Labute approximate surface area is 159 Å². The predicted octanol–water partition coefficient (Wildman–Crippen LogP) is 2.97. The molecule has 0 bridgehead atoms. The van der Waals surface area contributed by atoms with Crippen LogP contribution in [0.2, 0.25) is 0 Å². The van der Waals surface area contributed by atoms with Crippen molar-refractivity contribution in [1.29, 1.82) is 0 Å². The Hall–Kier alpha value is -2.35. The highest BCUT2D eigenvalue weighted by molar-refractivity contribution is 9.10. The van der Waals surface area contributed by atoms with Gasteiger partial charge in [-0.25, -0.2) is 4.79 Å². The van der Waals surface area contributed by atoms with E-state index in [4.69, 9.17) is 18.9 Å². The molecular weight excluding hydrogens is 406 g/mol. The first-order chi connectivity index (χ1) is 12.4. The van der Waals surface area contributed by atoms with Gasteiger partial charge >= 0.3 is 11.9 Å². The molecular formula is C18H18BrNO6. The number of carbonyl (C=O) groups is 2. The van der Waals surface area contributed by atoms with Crippen molar-refractivity contribution < 1.29 is 28.5 Å². The van der Waals surface area contributed by atoms with E-state index in [-0.39, 0.29) is 6.79 Å². The summed E-state index contributed by atoms with van der Waals surface area (Å²) < 4.78 is 21.4. The molecule has 0 N–H and O–H groups in total. The van der Waals surface area contributed by atoms with Crippen LogP contribution in [-0.4, -0.2) is 38.7 Å². The molecule has 2 aliphatic heterocycles. The van der Waals surface area contributed by atoms with Gasteiger partial charge in [-0.3, -0.25) is 9.79 Å². The van der Waals surface area contributed by atoms with E-state index in [0.29, 0.717) is 38.5 Å². The van der Waals surface area contributed by atoms with Gasteiger partial charge < -0.3 is 18.9 Å². The topological polar surface area (TPSA) is 83.4 Å². The smallest absolute Gasteiger partial charge is 0.336 e. The average molecular weight is 424 g/mol. The van der Waals surface area contributed by atoms with Crippen molar-refractivity contribution in [3.63, 3.8) is 0 Å². The van der Waals surface area contributed by atoms with Crippen molar-refractivity contribution in [1.82, 2.24) is 0 Å².